The summed E-state index contributed by atoms with van der Waals surface area (Å²) in [6, 6.07) is 1.85. The summed E-state index contributed by atoms with van der Waals surface area (Å²) in [6.45, 7) is 1.34. The van der Waals surface area contributed by atoms with E-state index < -0.39 is 0 Å². The van der Waals surface area contributed by atoms with Crippen LogP contribution in [-0.4, -0.2) is 70.3 Å². The van der Waals surface area contributed by atoms with E-state index in [1.807, 2.05) is 11.0 Å². The van der Waals surface area contributed by atoms with Gasteiger partial charge in [0.2, 0.25) is 5.91 Å². The van der Waals surface area contributed by atoms with Gasteiger partial charge in [0.15, 0.2) is 0 Å². The molecule has 1 saturated carbocycles. The topological polar surface area (TPSA) is 76.8 Å². The van der Waals surface area contributed by atoms with Crippen LogP contribution in [0.15, 0.2) is 18.5 Å². The molecule has 1 saturated heterocycles. The van der Waals surface area contributed by atoms with Crippen LogP contribution in [0.4, 0.5) is 0 Å². The van der Waals surface area contributed by atoms with Crippen molar-refractivity contribution in [2.24, 2.45) is 0 Å². The maximum absolute atomic E-state index is 12.7. The van der Waals surface area contributed by atoms with E-state index in [0.717, 1.165) is 25.7 Å². The van der Waals surface area contributed by atoms with E-state index in [1.165, 1.54) is 0 Å². The van der Waals surface area contributed by atoms with Gasteiger partial charge in [0, 0.05) is 26.0 Å². The van der Waals surface area contributed by atoms with Crippen LogP contribution >= 0.6 is 0 Å². The van der Waals surface area contributed by atoms with E-state index in [4.69, 9.17) is 14.6 Å². The maximum atomic E-state index is 12.7. The smallest absolute Gasteiger partial charge is 0.244 e. The number of nitrogens with zero attached hydrogens (tertiary/aromatic N) is 3. The van der Waals surface area contributed by atoms with Crippen molar-refractivity contribution in [3.05, 3.63) is 18.5 Å². The molecule has 1 N–H and O–H groups in total. The first-order valence-electron chi connectivity index (χ1n) is 8.23. The van der Waals surface area contributed by atoms with Gasteiger partial charge in [-0.2, -0.15) is 5.10 Å². The minimum Gasteiger partial charge on any atom is -0.394 e. The summed E-state index contributed by atoms with van der Waals surface area (Å²) in [6.07, 6.45) is 6.97. The second-order valence-corrected chi connectivity index (χ2v) is 6.32. The van der Waals surface area contributed by atoms with Crippen LogP contribution in [0.3, 0.4) is 0 Å². The molecule has 1 amide bonds. The molecule has 2 unspecified atom stereocenters. The number of carbonyl (C=O) groups excluding carboxylic acids is 1. The summed E-state index contributed by atoms with van der Waals surface area (Å²) in [5, 5.41) is 13.1. The lowest BCUT2D eigenvalue weighted by Gasteiger charge is -2.43. The fourth-order valence-corrected chi connectivity index (χ4v) is 3.95. The number of methoxy groups -OCH3 is 1. The number of rotatable bonds is 6. The summed E-state index contributed by atoms with van der Waals surface area (Å²) in [5.74, 6) is 0.0698. The lowest BCUT2D eigenvalue weighted by Crippen LogP contribution is -2.53. The van der Waals surface area contributed by atoms with Gasteiger partial charge in [-0.15, -0.1) is 0 Å². The van der Waals surface area contributed by atoms with Crippen molar-refractivity contribution in [1.82, 2.24) is 14.7 Å². The van der Waals surface area contributed by atoms with Crippen molar-refractivity contribution >= 4 is 5.91 Å². The van der Waals surface area contributed by atoms with Crippen LogP contribution in [0, 0.1) is 0 Å². The quantitative estimate of drug-likeness (QED) is 0.821. The van der Waals surface area contributed by atoms with Crippen molar-refractivity contribution in [3.63, 3.8) is 0 Å². The number of likely N-dealkylation sites (tertiary alicyclic amines) is 1. The molecule has 23 heavy (non-hydrogen) atoms. The third-order valence-corrected chi connectivity index (χ3v) is 5.16. The van der Waals surface area contributed by atoms with Crippen molar-refractivity contribution in [3.8, 4) is 0 Å². The molecular weight excluding hydrogens is 298 g/mol. The monoisotopic (exact) mass is 323 g/mol. The molecule has 3 atom stereocenters. The van der Waals surface area contributed by atoms with Crippen molar-refractivity contribution in [2.75, 3.05) is 26.9 Å². The number of carbonyl (C=O) groups is 1. The first-order valence-corrected chi connectivity index (χ1v) is 8.23. The first-order chi connectivity index (χ1) is 11.2. The van der Waals surface area contributed by atoms with E-state index >= 15 is 0 Å². The number of aromatic nitrogens is 2. The van der Waals surface area contributed by atoms with Gasteiger partial charge in [0.05, 0.1) is 31.0 Å². The largest absolute Gasteiger partial charge is 0.394 e. The standard InChI is InChI=1S/C16H25N3O4/c1-22-16-4-3-13(23-10-9-20)11-14(16)19(8-5-16)15(21)12-18-7-2-6-17-18/h2,6-7,13-14,20H,3-5,8-12H2,1H3/t13?,14?,16-/m1/s1. The normalized spacial score (nSPS) is 30.4. The Balaban J connectivity index is 1.69. The summed E-state index contributed by atoms with van der Waals surface area (Å²) in [7, 11) is 1.74. The summed E-state index contributed by atoms with van der Waals surface area (Å²) in [5.41, 5.74) is -0.251. The van der Waals surface area contributed by atoms with Gasteiger partial charge < -0.3 is 19.5 Å². The SMILES string of the molecule is CO[C@@]12CCC(OCCO)CC1N(C(=O)Cn1cccn1)CC2. The van der Waals surface area contributed by atoms with Crippen LogP contribution in [0.1, 0.15) is 25.7 Å². The highest BCUT2D eigenvalue weighted by atomic mass is 16.5. The first kappa shape index (κ1) is 16.4. The van der Waals surface area contributed by atoms with Crippen molar-refractivity contribution < 1.29 is 19.4 Å². The Morgan fingerprint density at radius 1 is 1.48 bits per heavy atom. The molecule has 2 heterocycles. The minimum absolute atomic E-state index is 0.0263. The van der Waals surface area contributed by atoms with Crippen LogP contribution in [0.25, 0.3) is 0 Å². The zero-order valence-corrected chi connectivity index (χ0v) is 13.6. The van der Waals surface area contributed by atoms with E-state index in [9.17, 15) is 4.79 Å². The second-order valence-electron chi connectivity index (χ2n) is 6.32. The molecule has 128 valence electrons. The molecule has 1 aliphatic carbocycles. The third kappa shape index (κ3) is 3.27. The van der Waals surface area contributed by atoms with Gasteiger partial charge in [-0.05, 0) is 31.7 Å². The maximum Gasteiger partial charge on any atom is 0.244 e. The van der Waals surface area contributed by atoms with Crippen LogP contribution in [0.5, 0.6) is 0 Å². The molecule has 3 rings (SSSR count). The average Bonchev–Trinajstić information content (AvgIpc) is 3.20. The number of amides is 1. The molecule has 2 aliphatic rings. The van der Waals surface area contributed by atoms with Gasteiger partial charge >= 0.3 is 0 Å². The van der Waals surface area contributed by atoms with E-state index in [-0.39, 0.29) is 36.8 Å². The van der Waals surface area contributed by atoms with E-state index in [1.54, 1.807) is 24.2 Å². The number of fused-ring (bicyclic) bond motifs is 1. The predicted molar refractivity (Wildman–Crippen MR) is 82.8 cm³/mol. The summed E-state index contributed by atoms with van der Waals surface area (Å²) < 4.78 is 13.2. The Morgan fingerprint density at radius 2 is 2.35 bits per heavy atom. The molecule has 1 aromatic rings. The van der Waals surface area contributed by atoms with Gasteiger partial charge in [0.25, 0.3) is 0 Å². The van der Waals surface area contributed by atoms with Crippen molar-refractivity contribution in [1.29, 1.82) is 0 Å². The van der Waals surface area contributed by atoms with Gasteiger partial charge in [0.1, 0.15) is 6.54 Å². The minimum atomic E-state index is -0.251. The van der Waals surface area contributed by atoms with Crippen LogP contribution in [0.2, 0.25) is 0 Å². The molecule has 0 aromatic carbocycles. The van der Waals surface area contributed by atoms with Gasteiger partial charge in [-0.3, -0.25) is 9.48 Å². The van der Waals surface area contributed by atoms with Crippen LogP contribution < -0.4 is 0 Å². The molecule has 0 bridgehead atoms. The summed E-state index contributed by atoms with van der Waals surface area (Å²) >= 11 is 0. The van der Waals surface area contributed by atoms with Crippen LogP contribution in [-0.2, 0) is 20.8 Å². The molecule has 7 heteroatoms. The lowest BCUT2D eigenvalue weighted by molar-refractivity contribution is -0.142. The molecule has 0 radical (unpaired) electrons. The Labute approximate surface area is 136 Å². The second kappa shape index (κ2) is 6.98. The molecule has 1 aliphatic heterocycles. The lowest BCUT2D eigenvalue weighted by atomic mass is 9.79. The predicted octanol–water partition coefficient (Wildman–Crippen LogP) is 0.431. The zero-order valence-electron chi connectivity index (χ0n) is 13.6. The molecule has 2 fully saturated rings. The molecule has 0 spiro atoms. The number of hydrogen-bond donors (Lipinski definition) is 1. The summed E-state index contributed by atoms with van der Waals surface area (Å²) in [4.78, 5) is 14.6. The van der Waals surface area contributed by atoms with Gasteiger partial charge in [-0.1, -0.05) is 0 Å². The number of aliphatic hydroxyl groups excluding tert-OH is 1. The van der Waals surface area contributed by atoms with E-state index in [0.29, 0.717) is 13.2 Å². The molecule has 7 nitrogen and oxygen atoms in total. The highest BCUT2D eigenvalue weighted by molar-refractivity contribution is 5.77. The fourth-order valence-electron chi connectivity index (χ4n) is 3.95. The Bertz CT molecular complexity index is 521. The number of aliphatic hydroxyl groups is 1. The average molecular weight is 323 g/mol. The molecular formula is C16H25N3O4. The van der Waals surface area contributed by atoms with Gasteiger partial charge in [-0.25, -0.2) is 0 Å². The number of ether oxygens (including phenoxy) is 2. The number of hydrogen-bond acceptors (Lipinski definition) is 5. The third-order valence-electron chi connectivity index (χ3n) is 5.16. The fraction of sp³-hybridized carbons (Fsp3) is 0.750. The zero-order chi connectivity index (χ0) is 16.3. The highest BCUT2D eigenvalue weighted by Crippen LogP contribution is 2.43. The van der Waals surface area contributed by atoms with Crippen molar-refractivity contribution in [2.45, 2.75) is 50.0 Å². The Kier molecular flexibility index (Phi) is 4.99. The van der Waals surface area contributed by atoms with E-state index in [2.05, 4.69) is 5.10 Å². The highest BCUT2D eigenvalue weighted by Gasteiger charge is 2.52. The molecule has 1 aromatic heterocycles. The Hall–Kier alpha value is -1.44. The Morgan fingerprint density at radius 3 is 3.04 bits per heavy atom.